The predicted molar refractivity (Wildman–Crippen MR) is 232 cm³/mol. The van der Waals surface area contributed by atoms with Gasteiger partial charge in [0.05, 0.1) is 29.6 Å². The molecule has 2 aromatic carbocycles. The molecule has 6 N–H and O–H groups in total. The standard InChI is InChI=1S/C30H32I6N4O8/c1-13(41)37-11-15-21(31)19(29(45)46)25(35)27(23(15)33)39-17(43)9-7-5-3-4-6-8-10-18(44)40-28-24(34)16(12-38-14(2)42)22(32)20(26(28)36)30(47)48/h3-12H2,1-2H3,(H,37,41)(H,38,42)(H,39,43)(H,40,44)(H,45,46)(H,47,48). The van der Waals surface area contributed by atoms with Crippen LogP contribution in [0.25, 0.3) is 0 Å². The zero-order chi connectivity index (χ0) is 36.3. The first kappa shape index (κ1) is 43.8. The Balaban J connectivity index is 1.88. The molecule has 0 unspecified atom stereocenters. The molecule has 0 radical (unpaired) electrons. The summed E-state index contributed by atoms with van der Waals surface area (Å²) in [6.45, 7) is 3.05. The van der Waals surface area contributed by atoms with Crippen molar-refractivity contribution in [1.82, 2.24) is 10.6 Å². The highest BCUT2D eigenvalue weighted by atomic mass is 127. The van der Waals surface area contributed by atoms with E-state index in [9.17, 15) is 39.0 Å². The third-order valence-electron chi connectivity index (χ3n) is 6.86. The monoisotopic (exact) mass is 1340 g/mol. The van der Waals surface area contributed by atoms with E-state index in [1.54, 1.807) is 0 Å². The highest BCUT2D eigenvalue weighted by Crippen LogP contribution is 2.37. The zero-order valence-corrected chi connectivity index (χ0v) is 38.6. The van der Waals surface area contributed by atoms with Crippen LogP contribution in [-0.2, 0) is 32.3 Å². The summed E-state index contributed by atoms with van der Waals surface area (Å²) in [7, 11) is 0. The Labute approximate surface area is 359 Å². The molecular formula is C30H32I6N4O8. The van der Waals surface area contributed by atoms with Crippen molar-refractivity contribution in [2.75, 3.05) is 10.6 Å². The first-order valence-corrected chi connectivity index (χ1v) is 20.9. The second-order valence-corrected chi connectivity index (χ2v) is 17.0. The van der Waals surface area contributed by atoms with Crippen molar-refractivity contribution in [3.63, 3.8) is 0 Å². The molecule has 48 heavy (non-hydrogen) atoms. The Kier molecular flexibility index (Phi) is 19.4. The summed E-state index contributed by atoms with van der Waals surface area (Å²) < 4.78 is 3.23. The molecule has 0 saturated carbocycles. The van der Waals surface area contributed by atoms with E-state index >= 15 is 0 Å². The van der Waals surface area contributed by atoms with E-state index in [0.29, 0.717) is 56.8 Å². The molecule has 0 spiro atoms. The summed E-state index contributed by atoms with van der Waals surface area (Å²) in [6.07, 6.45) is 5.18. The molecule has 262 valence electrons. The summed E-state index contributed by atoms with van der Waals surface area (Å²) in [5.74, 6) is -3.17. The van der Waals surface area contributed by atoms with Gasteiger partial charge in [-0.3, -0.25) is 19.2 Å². The Bertz CT molecular complexity index is 1500. The van der Waals surface area contributed by atoms with Crippen LogP contribution in [0.4, 0.5) is 11.4 Å². The minimum Gasteiger partial charge on any atom is -0.478 e. The number of anilines is 2. The van der Waals surface area contributed by atoms with Gasteiger partial charge in [-0.1, -0.05) is 25.7 Å². The molecule has 2 aromatic rings. The van der Waals surface area contributed by atoms with Crippen LogP contribution in [0.15, 0.2) is 0 Å². The molecular weight excluding hydrogens is 1310 g/mol. The molecule has 0 aliphatic carbocycles. The fourth-order valence-electron chi connectivity index (χ4n) is 4.44. The van der Waals surface area contributed by atoms with E-state index in [1.165, 1.54) is 13.8 Å². The lowest BCUT2D eigenvalue weighted by molar-refractivity contribution is -0.120. The van der Waals surface area contributed by atoms with Crippen LogP contribution < -0.4 is 21.3 Å². The number of carboxylic acid groups (broad SMARTS) is 2. The number of carbonyl (C=O) groups is 6. The number of hydrogen-bond donors (Lipinski definition) is 6. The number of unbranched alkanes of at least 4 members (excludes halogenated alkanes) is 5. The lowest BCUT2D eigenvalue weighted by Gasteiger charge is -2.18. The van der Waals surface area contributed by atoms with E-state index in [2.05, 4.69) is 66.4 Å². The second kappa shape index (κ2) is 21.2. The van der Waals surface area contributed by atoms with Crippen molar-refractivity contribution in [1.29, 1.82) is 0 Å². The number of nitrogens with one attached hydrogen (secondary N) is 4. The van der Waals surface area contributed by atoms with Gasteiger partial charge in [-0.2, -0.15) is 0 Å². The highest BCUT2D eigenvalue weighted by molar-refractivity contribution is 14.1. The van der Waals surface area contributed by atoms with E-state index in [4.69, 9.17) is 0 Å². The summed E-state index contributed by atoms with van der Waals surface area (Å²) >= 11 is 11.9. The Hall–Kier alpha value is -0.360. The van der Waals surface area contributed by atoms with Gasteiger partial charge in [-0.25, -0.2) is 9.59 Å². The summed E-state index contributed by atoms with van der Waals surface area (Å²) in [6, 6.07) is 0. The van der Waals surface area contributed by atoms with E-state index in [-0.39, 0.29) is 60.7 Å². The van der Waals surface area contributed by atoms with Crippen LogP contribution in [0, 0.1) is 21.4 Å². The smallest absolute Gasteiger partial charge is 0.337 e. The Morgan fingerprint density at radius 1 is 0.500 bits per heavy atom. The Morgan fingerprint density at radius 2 is 0.812 bits per heavy atom. The van der Waals surface area contributed by atoms with Crippen LogP contribution in [0.3, 0.4) is 0 Å². The molecule has 0 saturated heterocycles. The van der Waals surface area contributed by atoms with Crippen LogP contribution in [0.2, 0.25) is 0 Å². The fourth-order valence-corrected chi connectivity index (χ4v) is 13.0. The maximum absolute atomic E-state index is 12.8. The number of benzene rings is 2. The van der Waals surface area contributed by atoms with Crippen molar-refractivity contribution in [2.24, 2.45) is 0 Å². The molecule has 18 heteroatoms. The largest absolute Gasteiger partial charge is 0.478 e. The molecule has 0 fully saturated rings. The predicted octanol–water partition coefficient (Wildman–Crippen LogP) is 7.68. The maximum atomic E-state index is 12.8. The third-order valence-corrected chi connectivity index (χ3v) is 13.8. The van der Waals surface area contributed by atoms with Crippen molar-refractivity contribution in [3.05, 3.63) is 43.7 Å². The molecule has 0 atom stereocenters. The van der Waals surface area contributed by atoms with Gasteiger partial charge in [-0.05, 0) is 148 Å². The number of amides is 4. The summed E-state index contributed by atoms with van der Waals surface area (Å²) in [5.41, 5.74) is 2.29. The fraction of sp³-hybridized carbons (Fsp3) is 0.400. The second-order valence-electron chi connectivity index (χ2n) is 10.5. The van der Waals surface area contributed by atoms with Crippen LogP contribution in [0.5, 0.6) is 0 Å². The van der Waals surface area contributed by atoms with Crippen LogP contribution >= 0.6 is 136 Å². The lowest BCUT2D eigenvalue weighted by Crippen LogP contribution is -2.23. The van der Waals surface area contributed by atoms with Crippen LogP contribution in [-0.4, -0.2) is 45.8 Å². The minimum atomic E-state index is -1.11. The molecule has 0 aromatic heterocycles. The minimum absolute atomic E-state index is 0.0840. The third kappa shape index (κ3) is 12.7. The molecule has 0 heterocycles. The number of carboxylic acids is 2. The highest BCUT2D eigenvalue weighted by Gasteiger charge is 2.26. The van der Waals surface area contributed by atoms with Crippen molar-refractivity contribution in [2.45, 2.75) is 78.3 Å². The van der Waals surface area contributed by atoms with E-state index in [1.807, 2.05) is 90.4 Å². The van der Waals surface area contributed by atoms with Crippen molar-refractivity contribution in [3.8, 4) is 0 Å². The van der Waals surface area contributed by atoms with Crippen molar-refractivity contribution >= 4 is 182 Å². The summed E-state index contributed by atoms with van der Waals surface area (Å²) in [4.78, 5) is 72.5. The van der Waals surface area contributed by atoms with Gasteiger partial charge < -0.3 is 31.5 Å². The average Bonchev–Trinajstić information content (AvgIpc) is 2.98. The van der Waals surface area contributed by atoms with E-state index in [0.717, 1.165) is 25.7 Å². The quantitative estimate of drug-likeness (QED) is 0.0687. The molecule has 0 aliphatic rings. The number of rotatable bonds is 17. The topological polar surface area (TPSA) is 191 Å². The number of aromatic carboxylic acids is 2. The molecule has 12 nitrogen and oxygen atoms in total. The zero-order valence-electron chi connectivity index (χ0n) is 25.7. The average molecular weight is 1340 g/mol. The lowest BCUT2D eigenvalue weighted by atomic mass is 10.1. The maximum Gasteiger partial charge on any atom is 0.337 e. The molecule has 0 bridgehead atoms. The molecule has 4 amide bonds. The van der Waals surface area contributed by atoms with Gasteiger partial charge in [-0.15, -0.1) is 0 Å². The molecule has 0 aliphatic heterocycles. The first-order valence-electron chi connectivity index (χ1n) is 14.4. The normalized spacial score (nSPS) is 10.8. The number of hydrogen-bond acceptors (Lipinski definition) is 6. The van der Waals surface area contributed by atoms with Crippen molar-refractivity contribution < 1.29 is 39.0 Å². The SMILES string of the molecule is CC(=O)NCc1c(I)c(NC(=O)CCCCCCCCC(=O)Nc2c(I)c(CNC(C)=O)c(I)c(C(=O)O)c2I)c(I)c(C(=O)O)c1I. The van der Waals surface area contributed by atoms with Gasteiger partial charge in [0.15, 0.2) is 0 Å². The molecule has 2 rings (SSSR count). The van der Waals surface area contributed by atoms with Crippen LogP contribution in [0.1, 0.15) is 97.1 Å². The number of halogens is 6. The summed E-state index contributed by atoms with van der Waals surface area (Å²) in [5, 5.41) is 30.7. The van der Waals surface area contributed by atoms with Gasteiger partial charge in [0.25, 0.3) is 0 Å². The van der Waals surface area contributed by atoms with Gasteiger partial charge >= 0.3 is 11.9 Å². The van der Waals surface area contributed by atoms with E-state index < -0.39 is 11.9 Å². The van der Waals surface area contributed by atoms with Gasteiger partial charge in [0.2, 0.25) is 23.6 Å². The Morgan fingerprint density at radius 3 is 1.10 bits per heavy atom. The van der Waals surface area contributed by atoms with Gasteiger partial charge in [0.1, 0.15) is 0 Å². The number of carbonyl (C=O) groups excluding carboxylic acids is 4. The first-order chi connectivity index (χ1) is 22.5. The van der Waals surface area contributed by atoms with Gasteiger partial charge in [0, 0.05) is 65.2 Å².